The van der Waals surface area contributed by atoms with Gasteiger partial charge in [0.2, 0.25) is 0 Å². The smallest absolute Gasteiger partial charge is 0.357 e. The molecule has 0 unspecified atom stereocenters. The van der Waals surface area contributed by atoms with E-state index < -0.39 is 5.97 Å². The topological polar surface area (TPSA) is 75.5 Å². The van der Waals surface area contributed by atoms with Gasteiger partial charge in [0.1, 0.15) is 10.7 Å². The minimum Gasteiger partial charge on any atom is -0.464 e. The van der Waals surface area contributed by atoms with Gasteiger partial charge >= 0.3 is 5.97 Å². The predicted molar refractivity (Wildman–Crippen MR) is 98.3 cm³/mol. The van der Waals surface area contributed by atoms with Crippen molar-refractivity contribution in [2.75, 3.05) is 7.11 Å². The van der Waals surface area contributed by atoms with Crippen molar-refractivity contribution in [2.45, 2.75) is 57.5 Å². The second-order valence-corrected chi connectivity index (χ2v) is 9.39. The fraction of sp³-hybridized carbons (Fsp3) is 0.588. The van der Waals surface area contributed by atoms with Crippen molar-refractivity contribution in [2.24, 2.45) is 0 Å². The van der Waals surface area contributed by atoms with Gasteiger partial charge in [-0.25, -0.2) is 14.8 Å². The maximum atomic E-state index is 11.6. The number of ether oxygens (including phenoxy) is 1. The van der Waals surface area contributed by atoms with Crippen molar-refractivity contribution >= 4 is 28.6 Å². The number of aromatic nitrogens is 2. The van der Waals surface area contributed by atoms with E-state index in [-0.39, 0.29) is 17.0 Å². The number of hydrogen-bond acceptors (Lipinski definition) is 8. The van der Waals surface area contributed by atoms with Crippen LogP contribution < -0.4 is 0 Å². The van der Waals surface area contributed by atoms with Gasteiger partial charge in [-0.2, -0.15) is 5.06 Å². The zero-order valence-corrected chi connectivity index (χ0v) is 16.7. The number of hydrogen-bond donors (Lipinski definition) is 1. The second-order valence-electron chi connectivity index (χ2n) is 7.64. The summed E-state index contributed by atoms with van der Waals surface area (Å²) in [5, 5.41) is 17.4. The summed E-state index contributed by atoms with van der Waals surface area (Å²) in [5.41, 5.74) is 0.490. The number of rotatable bonds is 3. The Kier molecular flexibility index (Phi) is 4.74. The molecule has 0 aromatic carbocycles. The van der Waals surface area contributed by atoms with Crippen LogP contribution in [0.15, 0.2) is 10.8 Å². The van der Waals surface area contributed by atoms with Crippen molar-refractivity contribution in [3.05, 3.63) is 21.5 Å². The molecule has 8 heteroatoms. The van der Waals surface area contributed by atoms with E-state index in [1.54, 1.807) is 16.7 Å². The Morgan fingerprint density at radius 3 is 2.44 bits per heavy atom. The Hall–Kier alpha value is -1.35. The molecule has 0 aliphatic carbocycles. The minimum atomic E-state index is -0.434. The first-order valence-corrected chi connectivity index (χ1v) is 9.89. The van der Waals surface area contributed by atoms with Gasteiger partial charge in [0.15, 0.2) is 5.69 Å². The maximum Gasteiger partial charge on any atom is 0.357 e. The molecule has 1 N–H and O–H groups in total. The molecule has 6 nitrogen and oxygen atoms in total. The van der Waals surface area contributed by atoms with Crippen LogP contribution in [-0.2, 0) is 4.74 Å². The highest BCUT2D eigenvalue weighted by Gasteiger charge is 2.46. The van der Waals surface area contributed by atoms with E-state index in [4.69, 9.17) is 9.72 Å². The summed E-state index contributed by atoms with van der Waals surface area (Å²) in [6.45, 7) is 8.22. The van der Waals surface area contributed by atoms with E-state index in [2.05, 4.69) is 32.7 Å². The van der Waals surface area contributed by atoms with E-state index in [0.29, 0.717) is 5.69 Å². The maximum absolute atomic E-state index is 11.6. The van der Waals surface area contributed by atoms with Crippen molar-refractivity contribution in [1.29, 1.82) is 0 Å². The third-order valence-corrected chi connectivity index (χ3v) is 6.50. The molecule has 0 amide bonds. The highest BCUT2D eigenvalue weighted by molar-refractivity contribution is 7.14. The van der Waals surface area contributed by atoms with Gasteiger partial charge in [0.25, 0.3) is 0 Å². The van der Waals surface area contributed by atoms with Gasteiger partial charge in [0.05, 0.1) is 12.1 Å². The number of piperidine rings is 1. The summed E-state index contributed by atoms with van der Waals surface area (Å²) >= 11 is 3.01. The van der Waals surface area contributed by atoms with Gasteiger partial charge in [0, 0.05) is 27.8 Å². The Balaban J connectivity index is 1.84. The van der Waals surface area contributed by atoms with Crippen LogP contribution in [0.5, 0.6) is 0 Å². The fourth-order valence-electron chi connectivity index (χ4n) is 3.61. The van der Waals surface area contributed by atoms with E-state index in [1.807, 2.05) is 5.38 Å². The molecule has 1 aliphatic rings. The van der Waals surface area contributed by atoms with Crippen LogP contribution in [0, 0.1) is 0 Å². The third-order valence-electron chi connectivity index (χ3n) is 4.63. The molecule has 25 heavy (non-hydrogen) atoms. The molecule has 0 spiro atoms. The van der Waals surface area contributed by atoms with Crippen LogP contribution in [0.3, 0.4) is 0 Å². The molecule has 0 saturated carbocycles. The highest BCUT2D eigenvalue weighted by Crippen LogP contribution is 2.45. The summed E-state index contributed by atoms with van der Waals surface area (Å²) in [6.07, 6.45) is 1.68. The first-order chi connectivity index (χ1) is 11.6. The monoisotopic (exact) mass is 381 g/mol. The van der Waals surface area contributed by atoms with E-state index >= 15 is 0 Å². The first kappa shape index (κ1) is 18.4. The zero-order valence-electron chi connectivity index (χ0n) is 15.1. The van der Waals surface area contributed by atoms with Crippen LogP contribution in [0.2, 0.25) is 0 Å². The molecule has 1 aliphatic heterocycles. The molecule has 3 heterocycles. The molecular formula is C17H23N3O3S2. The number of carbonyl (C=O) groups is 1. The summed E-state index contributed by atoms with van der Waals surface area (Å²) < 4.78 is 4.70. The van der Waals surface area contributed by atoms with Crippen LogP contribution in [0.1, 0.15) is 62.0 Å². The lowest BCUT2D eigenvalue weighted by Gasteiger charge is -2.51. The van der Waals surface area contributed by atoms with Crippen molar-refractivity contribution in [3.63, 3.8) is 0 Å². The number of esters is 1. The Morgan fingerprint density at radius 2 is 1.84 bits per heavy atom. The second kappa shape index (κ2) is 6.42. The van der Waals surface area contributed by atoms with E-state index in [9.17, 15) is 10.0 Å². The Bertz CT molecular complexity index is 764. The standard InChI is InChI=1S/C17H23N3O3S2/c1-16(2)6-10(7-17(3,4)20(16)22)13-18-11(8-24-13)14-19-12(9-25-14)15(21)23-5/h8-10,22H,6-7H2,1-5H3. The summed E-state index contributed by atoms with van der Waals surface area (Å²) in [6, 6.07) is 0. The molecule has 2 aromatic heterocycles. The third kappa shape index (κ3) is 3.48. The molecule has 0 atom stereocenters. The van der Waals surface area contributed by atoms with Crippen LogP contribution in [0.25, 0.3) is 10.7 Å². The highest BCUT2D eigenvalue weighted by atomic mass is 32.1. The quantitative estimate of drug-likeness (QED) is 0.804. The molecule has 1 fully saturated rings. The summed E-state index contributed by atoms with van der Waals surface area (Å²) in [7, 11) is 1.35. The molecule has 1 saturated heterocycles. The average molecular weight is 382 g/mol. The summed E-state index contributed by atoms with van der Waals surface area (Å²) in [4.78, 5) is 20.7. The van der Waals surface area contributed by atoms with E-state index in [1.165, 1.54) is 23.5 Å². The van der Waals surface area contributed by atoms with Gasteiger partial charge in [-0.3, -0.25) is 0 Å². The lowest BCUT2D eigenvalue weighted by molar-refractivity contribution is -0.245. The van der Waals surface area contributed by atoms with Crippen molar-refractivity contribution in [3.8, 4) is 10.7 Å². The summed E-state index contributed by atoms with van der Waals surface area (Å²) in [5.74, 6) is -0.149. The molecule has 2 aromatic rings. The van der Waals surface area contributed by atoms with Gasteiger partial charge in [-0.1, -0.05) is 0 Å². The van der Waals surface area contributed by atoms with Crippen LogP contribution >= 0.6 is 22.7 Å². The largest absolute Gasteiger partial charge is 0.464 e. The minimum absolute atomic E-state index is 0.284. The normalized spacial score (nSPS) is 20.6. The fourth-order valence-corrected chi connectivity index (χ4v) is 5.34. The van der Waals surface area contributed by atoms with Gasteiger partial charge < -0.3 is 9.94 Å². The predicted octanol–water partition coefficient (Wildman–Crippen LogP) is 4.18. The SMILES string of the molecule is COC(=O)c1csc(-c2csc(C3CC(C)(C)N(O)C(C)(C)C3)n2)n1. The van der Waals surface area contributed by atoms with Crippen molar-refractivity contribution in [1.82, 2.24) is 15.0 Å². The zero-order chi connectivity index (χ0) is 18.4. The molecule has 0 radical (unpaired) electrons. The molecule has 3 rings (SSSR count). The number of methoxy groups -OCH3 is 1. The van der Waals surface area contributed by atoms with Crippen LogP contribution in [-0.4, -0.2) is 44.4 Å². The van der Waals surface area contributed by atoms with Gasteiger partial charge in [-0.15, -0.1) is 22.7 Å². The number of hydroxylamine groups is 2. The van der Waals surface area contributed by atoms with E-state index in [0.717, 1.165) is 28.6 Å². The van der Waals surface area contributed by atoms with Crippen molar-refractivity contribution < 1.29 is 14.7 Å². The lowest BCUT2D eigenvalue weighted by atomic mass is 9.75. The first-order valence-electron chi connectivity index (χ1n) is 8.13. The number of carbonyl (C=O) groups excluding carboxylic acids is 1. The number of nitrogens with zero attached hydrogens (tertiary/aromatic N) is 3. The lowest BCUT2D eigenvalue weighted by Crippen LogP contribution is -2.58. The number of thiazole rings is 2. The Labute approximate surface area is 155 Å². The average Bonchev–Trinajstić information content (AvgIpc) is 3.20. The van der Waals surface area contributed by atoms with Gasteiger partial charge in [-0.05, 0) is 40.5 Å². The molecule has 0 bridgehead atoms. The Morgan fingerprint density at radius 1 is 1.20 bits per heavy atom. The molecule has 136 valence electrons. The van der Waals surface area contributed by atoms with Crippen LogP contribution in [0.4, 0.5) is 0 Å². The molecular weight excluding hydrogens is 358 g/mol.